The van der Waals surface area contributed by atoms with E-state index in [1.165, 1.54) is 24.5 Å². The van der Waals surface area contributed by atoms with Gasteiger partial charge >= 0.3 is 5.69 Å². The second kappa shape index (κ2) is 6.54. The van der Waals surface area contributed by atoms with Crippen molar-refractivity contribution in [3.05, 3.63) is 76.6 Å². The molecule has 0 spiro atoms. The van der Waals surface area contributed by atoms with E-state index in [9.17, 15) is 18.5 Å². The second-order valence-corrected chi connectivity index (χ2v) is 7.88. The number of pyridine rings is 2. The van der Waals surface area contributed by atoms with E-state index in [4.69, 9.17) is 0 Å². The zero-order chi connectivity index (χ0) is 19.9. The van der Waals surface area contributed by atoms with Gasteiger partial charge in [0.1, 0.15) is 5.52 Å². The average Bonchev–Trinajstić information content (AvgIpc) is 2.68. The molecule has 1 N–H and O–H groups in total. The summed E-state index contributed by atoms with van der Waals surface area (Å²) in [5.41, 5.74) is 0.539. The number of nitro groups is 1. The van der Waals surface area contributed by atoms with Gasteiger partial charge < -0.3 is 0 Å². The van der Waals surface area contributed by atoms with Crippen LogP contribution in [0.2, 0.25) is 0 Å². The van der Waals surface area contributed by atoms with Crippen LogP contribution in [-0.2, 0) is 10.0 Å². The van der Waals surface area contributed by atoms with Gasteiger partial charge in [0, 0.05) is 23.2 Å². The molecule has 0 fully saturated rings. The van der Waals surface area contributed by atoms with Crippen molar-refractivity contribution in [1.29, 1.82) is 0 Å². The Bertz CT molecular complexity index is 1340. The van der Waals surface area contributed by atoms with Crippen molar-refractivity contribution in [1.82, 2.24) is 9.97 Å². The first-order valence-electron chi connectivity index (χ1n) is 8.28. The van der Waals surface area contributed by atoms with Gasteiger partial charge in [0.25, 0.3) is 10.0 Å². The first-order valence-corrected chi connectivity index (χ1v) is 9.76. The Labute approximate surface area is 160 Å². The normalized spacial score (nSPS) is 11.6. The first kappa shape index (κ1) is 17.8. The van der Waals surface area contributed by atoms with Gasteiger partial charge in [-0.25, -0.2) is 13.4 Å². The highest BCUT2D eigenvalue weighted by Gasteiger charge is 2.28. The van der Waals surface area contributed by atoms with E-state index in [1.54, 1.807) is 36.4 Å². The lowest BCUT2D eigenvalue weighted by Crippen LogP contribution is -2.15. The molecule has 0 atom stereocenters. The van der Waals surface area contributed by atoms with Gasteiger partial charge in [-0.1, -0.05) is 29.8 Å². The molecule has 0 bridgehead atoms. The van der Waals surface area contributed by atoms with Crippen LogP contribution in [-0.4, -0.2) is 23.3 Å². The summed E-state index contributed by atoms with van der Waals surface area (Å²) >= 11 is 0. The lowest BCUT2D eigenvalue weighted by molar-refractivity contribution is -0.382. The summed E-state index contributed by atoms with van der Waals surface area (Å²) in [6, 6.07) is 12.9. The third kappa shape index (κ3) is 2.91. The van der Waals surface area contributed by atoms with Crippen molar-refractivity contribution in [3.63, 3.8) is 0 Å². The minimum Gasteiger partial charge on any atom is -0.271 e. The number of nitrogens with one attached hydrogen (secondary N) is 1. The van der Waals surface area contributed by atoms with Crippen LogP contribution in [0.25, 0.3) is 21.8 Å². The molecule has 0 saturated carbocycles. The molecule has 0 radical (unpaired) electrons. The average molecular weight is 394 g/mol. The molecule has 8 nitrogen and oxygen atoms in total. The number of fused-ring (bicyclic) bond motifs is 3. The molecule has 0 saturated heterocycles. The number of nitrogens with zero attached hydrogens (tertiary/aromatic N) is 3. The van der Waals surface area contributed by atoms with E-state index in [0.717, 1.165) is 5.56 Å². The molecule has 0 aliphatic rings. The number of nitro benzene ring substituents is 1. The fourth-order valence-electron chi connectivity index (χ4n) is 3.05. The van der Waals surface area contributed by atoms with E-state index in [-0.39, 0.29) is 21.6 Å². The van der Waals surface area contributed by atoms with Gasteiger partial charge in [-0.15, -0.1) is 0 Å². The minimum atomic E-state index is -4.07. The fraction of sp³-hybridized carbons (Fsp3) is 0.0526. The molecular formula is C19H14N4O4S. The van der Waals surface area contributed by atoms with Gasteiger partial charge in [0.15, 0.2) is 11.2 Å². The molecule has 4 aromatic rings. The number of hydrogen-bond donors (Lipinski definition) is 1. The Kier molecular flexibility index (Phi) is 4.16. The molecule has 2 aromatic heterocycles. The van der Waals surface area contributed by atoms with Crippen LogP contribution >= 0.6 is 0 Å². The van der Waals surface area contributed by atoms with Crippen LogP contribution in [0.4, 0.5) is 11.4 Å². The van der Waals surface area contributed by atoms with E-state index < -0.39 is 20.6 Å². The Hall–Kier alpha value is -3.59. The highest BCUT2D eigenvalue weighted by atomic mass is 32.2. The smallest absolute Gasteiger partial charge is 0.271 e. The zero-order valence-electron chi connectivity index (χ0n) is 14.7. The van der Waals surface area contributed by atoms with Gasteiger partial charge in [-0.2, -0.15) is 0 Å². The number of aryl methyl sites for hydroxylation is 1. The van der Waals surface area contributed by atoms with Crippen LogP contribution in [0.15, 0.2) is 65.8 Å². The Morgan fingerprint density at radius 1 is 0.929 bits per heavy atom. The van der Waals surface area contributed by atoms with Crippen molar-refractivity contribution >= 4 is 43.2 Å². The predicted octanol–water partition coefficient (Wildman–Crippen LogP) is 3.80. The lowest BCUT2D eigenvalue weighted by Gasteiger charge is -2.13. The number of anilines is 1. The molecule has 140 valence electrons. The van der Waals surface area contributed by atoms with Gasteiger partial charge in [-0.3, -0.25) is 19.8 Å². The van der Waals surface area contributed by atoms with E-state index >= 15 is 0 Å². The molecule has 2 heterocycles. The number of sulfonamides is 1. The molecule has 2 aromatic carbocycles. The summed E-state index contributed by atoms with van der Waals surface area (Å²) in [5.74, 6) is 0. The SMILES string of the molecule is Cc1ccc(S(=O)(=O)Nc2c([N+](=O)[O-])c3ncccc3c3cccnc23)cc1. The summed E-state index contributed by atoms with van der Waals surface area (Å²) in [6.07, 6.45) is 2.88. The van der Waals surface area contributed by atoms with E-state index in [2.05, 4.69) is 14.7 Å². The lowest BCUT2D eigenvalue weighted by atomic mass is 10.1. The summed E-state index contributed by atoms with van der Waals surface area (Å²) < 4.78 is 28.1. The molecule has 0 unspecified atom stereocenters. The third-order valence-corrected chi connectivity index (χ3v) is 5.72. The van der Waals surface area contributed by atoms with Crippen LogP contribution in [0.5, 0.6) is 0 Å². The highest BCUT2D eigenvalue weighted by molar-refractivity contribution is 7.92. The van der Waals surface area contributed by atoms with Crippen LogP contribution in [0.1, 0.15) is 5.56 Å². The zero-order valence-corrected chi connectivity index (χ0v) is 15.5. The fourth-order valence-corrected chi connectivity index (χ4v) is 4.12. The van der Waals surface area contributed by atoms with Crippen LogP contribution < -0.4 is 4.72 Å². The first-order chi connectivity index (χ1) is 13.4. The molecule has 0 aliphatic heterocycles. The topological polar surface area (TPSA) is 115 Å². The summed E-state index contributed by atoms with van der Waals surface area (Å²) in [5, 5.41) is 12.9. The quantitative estimate of drug-likeness (QED) is 0.320. The number of hydrogen-bond acceptors (Lipinski definition) is 6. The van der Waals surface area contributed by atoms with Gasteiger partial charge in [-0.05, 0) is 31.2 Å². The number of rotatable bonds is 4. The second-order valence-electron chi connectivity index (χ2n) is 6.20. The van der Waals surface area contributed by atoms with Gasteiger partial charge in [0.2, 0.25) is 0 Å². The van der Waals surface area contributed by atoms with E-state index in [1.807, 2.05) is 6.92 Å². The molecular weight excluding hydrogens is 380 g/mol. The van der Waals surface area contributed by atoms with Crippen molar-refractivity contribution in [3.8, 4) is 0 Å². The Morgan fingerprint density at radius 3 is 2.11 bits per heavy atom. The van der Waals surface area contributed by atoms with Crippen molar-refractivity contribution in [2.45, 2.75) is 11.8 Å². The largest absolute Gasteiger partial charge is 0.321 e. The molecule has 0 amide bonds. The van der Waals surface area contributed by atoms with Gasteiger partial charge in [0.05, 0.1) is 9.82 Å². The predicted molar refractivity (Wildman–Crippen MR) is 106 cm³/mol. The maximum absolute atomic E-state index is 12.9. The standard InChI is InChI=1S/C19H14N4O4S/c1-12-6-8-13(9-7-12)28(26,27)22-18-16-14(4-2-10-20-16)15-5-3-11-21-17(15)19(18)23(24)25/h2-11,22H,1H3. The Morgan fingerprint density at radius 2 is 1.50 bits per heavy atom. The summed E-state index contributed by atoms with van der Waals surface area (Å²) in [4.78, 5) is 19.5. The summed E-state index contributed by atoms with van der Waals surface area (Å²) in [7, 11) is -4.07. The molecule has 28 heavy (non-hydrogen) atoms. The molecule has 0 aliphatic carbocycles. The van der Waals surface area contributed by atoms with Crippen molar-refractivity contribution in [2.75, 3.05) is 4.72 Å². The molecule has 4 rings (SSSR count). The number of benzene rings is 2. The number of aromatic nitrogens is 2. The maximum atomic E-state index is 12.9. The van der Waals surface area contributed by atoms with Crippen molar-refractivity contribution < 1.29 is 13.3 Å². The third-order valence-electron chi connectivity index (χ3n) is 4.35. The Balaban J connectivity index is 2.03. The van der Waals surface area contributed by atoms with Crippen molar-refractivity contribution in [2.24, 2.45) is 0 Å². The molecule has 9 heteroatoms. The monoisotopic (exact) mass is 394 g/mol. The van der Waals surface area contributed by atoms with Crippen LogP contribution in [0, 0.1) is 17.0 Å². The summed E-state index contributed by atoms with van der Waals surface area (Å²) in [6.45, 7) is 1.83. The maximum Gasteiger partial charge on any atom is 0.321 e. The minimum absolute atomic E-state index is 0.00223. The van der Waals surface area contributed by atoms with E-state index in [0.29, 0.717) is 10.8 Å². The highest BCUT2D eigenvalue weighted by Crippen LogP contribution is 2.40. The van der Waals surface area contributed by atoms with Crippen LogP contribution in [0.3, 0.4) is 0 Å².